The van der Waals surface area contributed by atoms with Gasteiger partial charge in [0.25, 0.3) is 5.91 Å². The van der Waals surface area contributed by atoms with Crippen LogP contribution in [0.2, 0.25) is 0 Å². The van der Waals surface area contributed by atoms with Gasteiger partial charge >= 0.3 is 5.97 Å². The van der Waals surface area contributed by atoms with Gasteiger partial charge in [0.05, 0.1) is 0 Å². The van der Waals surface area contributed by atoms with Gasteiger partial charge in [-0.1, -0.05) is 60.7 Å². The molecule has 0 aliphatic rings. The van der Waals surface area contributed by atoms with Crippen molar-refractivity contribution in [2.45, 2.75) is 25.4 Å². The largest absolute Gasteiger partial charge is 0.484 e. The van der Waals surface area contributed by atoms with Crippen LogP contribution in [0.4, 0.5) is 0 Å². The number of rotatable bonds is 13. The van der Waals surface area contributed by atoms with E-state index in [-0.39, 0.29) is 18.9 Å². The number of carboxylic acid groups (broad SMARTS) is 1. The number of hydrogen-bond donors (Lipinski definition) is 2. The maximum Gasteiger partial charge on any atom is 0.348 e. The van der Waals surface area contributed by atoms with E-state index in [1.54, 1.807) is 55.5 Å². The number of nitrogens with one attached hydrogen (secondary N) is 1. The van der Waals surface area contributed by atoms with Gasteiger partial charge in [-0.2, -0.15) is 0 Å². The molecular weight excluding hydrogens is 494 g/mol. The molecule has 4 rings (SSSR count). The smallest absolute Gasteiger partial charge is 0.348 e. The van der Waals surface area contributed by atoms with Crippen LogP contribution in [-0.2, 0) is 22.4 Å². The zero-order valence-corrected chi connectivity index (χ0v) is 21.7. The topological polar surface area (TPSA) is 94.1 Å². The van der Waals surface area contributed by atoms with Gasteiger partial charge in [0, 0.05) is 13.0 Å². The van der Waals surface area contributed by atoms with Crippen LogP contribution < -0.4 is 19.5 Å². The number of benzene rings is 4. The van der Waals surface area contributed by atoms with Crippen LogP contribution in [0.1, 0.15) is 18.1 Å². The molecule has 0 aromatic heterocycles. The van der Waals surface area contributed by atoms with Gasteiger partial charge in [-0.3, -0.25) is 4.79 Å². The van der Waals surface area contributed by atoms with Gasteiger partial charge in [-0.25, -0.2) is 4.79 Å². The Hall–Kier alpha value is -4.78. The predicted molar refractivity (Wildman–Crippen MR) is 148 cm³/mol. The van der Waals surface area contributed by atoms with E-state index in [9.17, 15) is 14.7 Å². The molecule has 0 aliphatic heterocycles. The monoisotopic (exact) mass is 525 g/mol. The molecule has 1 atom stereocenters. The second-order valence-corrected chi connectivity index (χ2v) is 9.22. The molecule has 7 nitrogen and oxygen atoms in total. The number of aliphatic carboxylic acids is 1. The van der Waals surface area contributed by atoms with E-state index >= 15 is 0 Å². The Morgan fingerprint density at radius 2 is 1.26 bits per heavy atom. The van der Waals surface area contributed by atoms with Crippen molar-refractivity contribution in [2.24, 2.45) is 0 Å². The molecule has 7 heteroatoms. The fourth-order valence-corrected chi connectivity index (χ4v) is 3.89. The second-order valence-electron chi connectivity index (χ2n) is 9.22. The molecule has 0 saturated carbocycles. The number of carboxylic acids is 1. The predicted octanol–water partition coefficient (Wildman–Crippen LogP) is 5.68. The Morgan fingerprint density at radius 1 is 0.718 bits per heavy atom. The van der Waals surface area contributed by atoms with Crippen molar-refractivity contribution in [3.63, 3.8) is 0 Å². The molecule has 200 valence electrons. The molecule has 0 spiro atoms. The highest BCUT2D eigenvalue weighted by Crippen LogP contribution is 2.24. The number of amides is 1. The zero-order valence-electron chi connectivity index (χ0n) is 21.7. The first-order chi connectivity index (χ1) is 18.9. The van der Waals surface area contributed by atoms with Crippen molar-refractivity contribution in [1.82, 2.24) is 5.32 Å². The van der Waals surface area contributed by atoms with E-state index in [0.29, 0.717) is 24.5 Å². The Labute approximate surface area is 228 Å². The molecule has 4 aromatic rings. The highest BCUT2D eigenvalue weighted by molar-refractivity contribution is 5.78. The maximum absolute atomic E-state index is 12.2. The first-order valence-corrected chi connectivity index (χ1v) is 12.7. The average molecular weight is 526 g/mol. The summed E-state index contributed by atoms with van der Waals surface area (Å²) in [5.74, 6) is 1.26. The molecule has 0 saturated heterocycles. The maximum atomic E-state index is 12.2. The lowest BCUT2D eigenvalue weighted by Crippen LogP contribution is -2.43. The minimum atomic E-state index is -1.43. The lowest BCUT2D eigenvalue weighted by Gasteiger charge is -2.26. The van der Waals surface area contributed by atoms with E-state index in [4.69, 9.17) is 14.2 Å². The second kappa shape index (κ2) is 13.1. The number of carbonyl (C=O) groups is 2. The van der Waals surface area contributed by atoms with Crippen LogP contribution in [-0.4, -0.2) is 35.7 Å². The molecule has 0 unspecified atom stereocenters. The Bertz CT molecular complexity index is 1340. The summed E-state index contributed by atoms with van der Waals surface area (Å²) in [5, 5.41) is 12.6. The molecule has 0 bridgehead atoms. The summed E-state index contributed by atoms with van der Waals surface area (Å²) in [6.45, 7) is 1.91. The molecular formula is C32H31NO6. The molecule has 4 aromatic carbocycles. The average Bonchev–Trinajstić information content (AvgIpc) is 2.95. The van der Waals surface area contributed by atoms with Gasteiger partial charge < -0.3 is 24.6 Å². The third-order valence-electron chi connectivity index (χ3n) is 6.01. The fraction of sp³-hybridized carbons (Fsp3) is 0.188. The van der Waals surface area contributed by atoms with Gasteiger partial charge in [-0.05, 0) is 73.0 Å². The minimum Gasteiger partial charge on any atom is -0.484 e. The number of para-hydroxylation sites is 2. The highest BCUT2D eigenvalue weighted by Gasteiger charge is 2.36. The lowest BCUT2D eigenvalue weighted by atomic mass is 9.96. The minimum absolute atomic E-state index is 0.118. The molecule has 0 aliphatic carbocycles. The van der Waals surface area contributed by atoms with Crippen LogP contribution in [0, 0.1) is 0 Å². The van der Waals surface area contributed by atoms with E-state index in [1.807, 2.05) is 60.7 Å². The fourth-order valence-electron chi connectivity index (χ4n) is 3.89. The Balaban J connectivity index is 1.19. The summed E-state index contributed by atoms with van der Waals surface area (Å²) in [6.07, 6.45) is 0.844. The Kier molecular flexibility index (Phi) is 9.19. The third-order valence-corrected chi connectivity index (χ3v) is 6.01. The van der Waals surface area contributed by atoms with E-state index in [2.05, 4.69) is 5.32 Å². The summed E-state index contributed by atoms with van der Waals surface area (Å²) in [4.78, 5) is 24.2. The lowest BCUT2D eigenvalue weighted by molar-refractivity contribution is -0.153. The van der Waals surface area contributed by atoms with Crippen molar-refractivity contribution in [3.8, 4) is 23.0 Å². The van der Waals surface area contributed by atoms with Gasteiger partial charge in [0.15, 0.2) is 6.61 Å². The van der Waals surface area contributed by atoms with Crippen molar-refractivity contribution in [1.29, 1.82) is 0 Å². The Morgan fingerprint density at radius 3 is 1.87 bits per heavy atom. The van der Waals surface area contributed by atoms with E-state index < -0.39 is 11.6 Å². The van der Waals surface area contributed by atoms with Crippen molar-refractivity contribution >= 4 is 11.9 Å². The summed E-state index contributed by atoms with van der Waals surface area (Å²) in [5.41, 5.74) is 0.420. The standard InChI is InChI=1S/C32H31NO6/c1-32(31(35)36,39-29-10-6-3-7-11-29)22-25-14-16-26(17-15-25)37-23-30(34)33-21-20-24-12-18-28(19-13-24)38-27-8-4-2-5-9-27/h2-19H,20-23H2,1H3,(H,33,34)(H,35,36)/t32-/m0/s1. The molecule has 1 amide bonds. The van der Waals surface area contributed by atoms with Gasteiger partial charge in [0.2, 0.25) is 5.60 Å². The molecule has 0 radical (unpaired) electrons. The SMILES string of the molecule is C[C@@](Cc1ccc(OCC(=O)NCCc2ccc(Oc3ccccc3)cc2)cc1)(Oc1ccccc1)C(=O)O. The summed E-state index contributed by atoms with van der Waals surface area (Å²) in [6, 6.07) is 33.2. The molecule has 0 fully saturated rings. The molecule has 2 N–H and O–H groups in total. The number of ether oxygens (including phenoxy) is 3. The van der Waals surface area contributed by atoms with Crippen molar-refractivity contribution in [3.05, 3.63) is 120 Å². The van der Waals surface area contributed by atoms with Crippen LogP contribution in [0.25, 0.3) is 0 Å². The normalized spacial score (nSPS) is 12.1. The summed E-state index contributed by atoms with van der Waals surface area (Å²) in [7, 11) is 0. The quantitative estimate of drug-likeness (QED) is 0.233. The van der Waals surface area contributed by atoms with E-state index in [1.165, 1.54) is 0 Å². The van der Waals surface area contributed by atoms with Crippen LogP contribution in [0.3, 0.4) is 0 Å². The molecule has 0 heterocycles. The van der Waals surface area contributed by atoms with Crippen LogP contribution in [0.5, 0.6) is 23.0 Å². The van der Waals surface area contributed by atoms with Gasteiger partial charge in [-0.15, -0.1) is 0 Å². The zero-order chi connectivity index (χ0) is 27.5. The first-order valence-electron chi connectivity index (χ1n) is 12.7. The number of hydrogen-bond acceptors (Lipinski definition) is 5. The van der Waals surface area contributed by atoms with Crippen molar-refractivity contribution in [2.75, 3.05) is 13.2 Å². The van der Waals surface area contributed by atoms with Gasteiger partial charge in [0.1, 0.15) is 23.0 Å². The van der Waals surface area contributed by atoms with Crippen molar-refractivity contribution < 1.29 is 28.9 Å². The van der Waals surface area contributed by atoms with Crippen LogP contribution in [0.15, 0.2) is 109 Å². The number of carbonyl (C=O) groups excluding carboxylic acids is 1. The highest BCUT2D eigenvalue weighted by atomic mass is 16.5. The third kappa shape index (κ3) is 8.36. The molecule has 39 heavy (non-hydrogen) atoms. The summed E-state index contributed by atoms with van der Waals surface area (Å²) >= 11 is 0. The van der Waals surface area contributed by atoms with E-state index in [0.717, 1.165) is 22.6 Å². The summed E-state index contributed by atoms with van der Waals surface area (Å²) < 4.78 is 17.2. The first kappa shape index (κ1) is 27.3. The van der Waals surface area contributed by atoms with Crippen LogP contribution >= 0.6 is 0 Å².